The average Bonchev–Trinajstić information content (AvgIpc) is 2.86. The molecule has 0 aliphatic rings. The van der Waals surface area contributed by atoms with Crippen LogP contribution < -0.4 is 4.72 Å². The topological polar surface area (TPSA) is 95.1 Å². The van der Waals surface area contributed by atoms with Crippen molar-refractivity contribution >= 4 is 43.0 Å². The third-order valence-corrected chi connectivity index (χ3v) is 5.52. The number of aromatic nitrogens is 2. The molecule has 2 aromatic rings. The van der Waals surface area contributed by atoms with E-state index in [1.165, 1.54) is 29.8 Å². The van der Waals surface area contributed by atoms with Crippen molar-refractivity contribution in [1.82, 2.24) is 10.2 Å². The van der Waals surface area contributed by atoms with Crippen LogP contribution in [0.2, 0.25) is 0 Å². The second-order valence-corrected chi connectivity index (χ2v) is 7.21. The van der Waals surface area contributed by atoms with Crippen LogP contribution in [0.3, 0.4) is 0 Å². The lowest BCUT2D eigenvalue weighted by atomic mass is 10.5. The van der Waals surface area contributed by atoms with Gasteiger partial charge in [-0.25, -0.2) is 8.42 Å². The standard InChI is InChI=1S/C8H8BrN3O3S2/c9-8-7(1-6(4-13)16-8)17(14,15)12-5-2-10-11-3-5/h1-3,12-13H,4H2,(H,10,11). The lowest BCUT2D eigenvalue weighted by molar-refractivity contribution is 0.285. The first-order valence-electron chi connectivity index (χ1n) is 4.43. The molecule has 17 heavy (non-hydrogen) atoms. The summed E-state index contributed by atoms with van der Waals surface area (Å²) in [6.45, 7) is -0.190. The SMILES string of the molecule is O=S(=O)(Nc1cn[nH]c1)c1cc(CO)sc1Br. The van der Waals surface area contributed by atoms with Crippen molar-refractivity contribution in [3.05, 3.63) is 27.1 Å². The van der Waals surface area contributed by atoms with E-state index in [9.17, 15) is 8.42 Å². The summed E-state index contributed by atoms with van der Waals surface area (Å²) in [6.07, 6.45) is 2.80. The summed E-state index contributed by atoms with van der Waals surface area (Å²) in [4.78, 5) is 0.678. The maximum Gasteiger partial charge on any atom is 0.263 e. The van der Waals surface area contributed by atoms with Gasteiger partial charge in [0.1, 0.15) is 4.90 Å². The Labute approximate surface area is 110 Å². The molecule has 0 unspecified atom stereocenters. The number of rotatable bonds is 4. The highest BCUT2D eigenvalue weighted by atomic mass is 79.9. The molecule has 2 rings (SSSR count). The van der Waals surface area contributed by atoms with Gasteiger partial charge in [-0.3, -0.25) is 9.82 Å². The maximum absolute atomic E-state index is 12.0. The molecule has 92 valence electrons. The Hall–Kier alpha value is -0.900. The molecule has 0 spiro atoms. The molecular weight excluding hydrogens is 330 g/mol. The molecule has 6 nitrogen and oxygen atoms in total. The molecule has 2 heterocycles. The Bertz CT molecular complexity index is 606. The minimum Gasteiger partial charge on any atom is -0.391 e. The second-order valence-electron chi connectivity index (χ2n) is 3.10. The summed E-state index contributed by atoms with van der Waals surface area (Å²) >= 11 is 4.34. The quantitative estimate of drug-likeness (QED) is 0.788. The number of halogens is 1. The third kappa shape index (κ3) is 2.68. The van der Waals surface area contributed by atoms with Crippen LogP contribution in [0.25, 0.3) is 0 Å². The fraction of sp³-hybridized carbons (Fsp3) is 0.125. The van der Waals surface area contributed by atoms with E-state index in [4.69, 9.17) is 5.11 Å². The lowest BCUT2D eigenvalue weighted by Gasteiger charge is -2.03. The van der Waals surface area contributed by atoms with Crippen LogP contribution in [0.15, 0.2) is 27.1 Å². The highest BCUT2D eigenvalue weighted by Gasteiger charge is 2.21. The minimum atomic E-state index is -3.66. The zero-order valence-corrected chi connectivity index (χ0v) is 11.6. The Balaban J connectivity index is 2.34. The summed E-state index contributed by atoms with van der Waals surface area (Å²) in [7, 11) is -3.66. The smallest absolute Gasteiger partial charge is 0.263 e. The maximum atomic E-state index is 12.0. The minimum absolute atomic E-state index is 0.104. The van der Waals surface area contributed by atoms with E-state index < -0.39 is 10.0 Å². The summed E-state index contributed by atoms with van der Waals surface area (Å²) in [5.74, 6) is 0. The van der Waals surface area contributed by atoms with E-state index in [-0.39, 0.29) is 11.5 Å². The number of H-pyrrole nitrogens is 1. The van der Waals surface area contributed by atoms with Crippen LogP contribution in [0, 0.1) is 0 Å². The number of anilines is 1. The highest BCUT2D eigenvalue weighted by molar-refractivity contribution is 9.11. The summed E-state index contributed by atoms with van der Waals surface area (Å²) < 4.78 is 26.8. The fourth-order valence-electron chi connectivity index (χ4n) is 1.18. The molecule has 0 atom stereocenters. The van der Waals surface area contributed by atoms with Gasteiger partial charge >= 0.3 is 0 Å². The lowest BCUT2D eigenvalue weighted by Crippen LogP contribution is -2.12. The first-order valence-corrected chi connectivity index (χ1v) is 7.53. The van der Waals surface area contributed by atoms with Gasteiger partial charge < -0.3 is 5.11 Å². The molecule has 2 aromatic heterocycles. The Morgan fingerprint density at radius 3 is 2.88 bits per heavy atom. The van der Waals surface area contributed by atoms with Crippen LogP contribution in [-0.4, -0.2) is 23.7 Å². The monoisotopic (exact) mass is 337 g/mol. The van der Waals surface area contributed by atoms with Gasteiger partial charge in [-0.05, 0) is 22.0 Å². The van der Waals surface area contributed by atoms with Gasteiger partial charge in [0.2, 0.25) is 0 Å². The average molecular weight is 338 g/mol. The molecular formula is C8H8BrN3O3S2. The predicted molar refractivity (Wildman–Crippen MR) is 67.3 cm³/mol. The van der Waals surface area contributed by atoms with Crippen LogP contribution in [-0.2, 0) is 16.6 Å². The van der Waals surface area contributed by atoms with E-state index in [1.807, 2.05) is 0 Å². The van der Waals surface area contributed by atoms with Crippen LogP contribution in [0.1, 0.15) is 4.88 Å². The molecule has 0 saturated heterocycles. The Morgan fingerprint density at radius 2 is 2.35 bits per heavy atom. The van der Waals surface area contributed by atoms with Crippen molar-refractivity contribution in [2.45, 2.75) is 11.5 Å². The van der Waals surface area contributed by atoms with Crippen molar-refractivity contribution in [2.75, 3.05) is 4.72 Å². The van der Waals surface area contributed by atoms with Gasteiger partial charge in [0.15, 0.2) is 0 Å². The second kappa shape index (κ2) is 4.77. The number of hydrogen-bond acceptors (Lipinski definition) is 5. The number of aliphatic hydroxyl groups is 1. The van der Waals surface area contributed by atoms with Gasteiger partial charge in [-0.1, -0.05) is 0 Å². The van der Waals surface area contributed by atoms with Gasteiger partial charge in [0, 0.05) is 11.1 Å². The Kier molecular flexibility index (Phi) is 3.52. The number of nitrogens with one attached hydrogen (secondary N) is 2. The highest BCUT2D eigenvalue weighted by Crippen LogP contribution is 2.32. The van der Waals surface area contributed by atoms with Crippen molar-refractivity contribution in [1.29, 1.82) is 0 Å². The molecule has 0 amide bonds. The van der Waals surface area contributed by atoms with E-state index in [0.29, 0.717) is 14.4 Å². The van der Waals surface area contributed by atoms with E-state index in [0.717, 1.165) is 0 Å². The normalized spacial score (nSPS) is 11.6. The van der Waals surface area contributed by atoms with Crippen molar-refractivity contribution in [2.24, 2.45) is 0 Å². The fourth-order valence-corrected chi connectivity index (χ4v) is 4.75. The van der Waals surface area contributed by atoms with Crippen molar-refractivity contribution < 1.29 is 13.5 Å². The largest absolute Gasteiger partial charge is 0.391 e. The number of aliphatic hydroxyl groups excluding tert-OH is 1. The van der Waals surface area contributed by atoms with E-state index >= 15 is 0 Å². The Morgan fingerprint density at radius 1 is 1.59 bits per heavy atom. The molecule has 0 aliphatic heterocycles. The van der Waals surface area contributed by atoms with E-state index in [2.05, 4.69) is 30.8 Å². The van der Waals surface area contributed by atoms with Crippen molar-refractivity contribution in [3.63, 3.8) is 0 Å². The molecule has 9 heteroatoms. The van der Waals surface area contributed by atoms with Crippen LogP contribution >= 0.6 is 27.3 Å². The molecule has 0 aliphatic carbocycles. The predicted octanol–water partition coefficient (Wildman–Crippen LogP) is 1.53. The molecule has 0 aromatic carbocycles. The molecule has 0 fully saturated rings. The summed E-state index contributed by atoms with van der Waals surface area (Å²) in [5, 5.41) is 15.1. The molecule has 0 radical (unpaired) electrons. The van der Waals surface area contributed by atoms with E-state index in [1.54, 1.807) is 0 Å². The first-order chi connectivity index (χ1) is 8.03. The zero-order chi connectivity index (χ0) is 12.5. The molecule has 0 saturated carbocycles. The van der Waals surface area contributed by atoms with Gasteiger partial charge in [-0.2, -0.15) is 5.10 Å². The number of sulfonamides is 1. The van der Waals surface area contributed by atoms with Gasteiger partial charge in [0.05, 0.1) is 22.3 Å². The summed E-state index contributed by atoms with van der Waals surface area (Å²) in [5.41, 5.74) is 0.355. The number of thiophene rings is 1. The first kappa shape index (κ1) is 12.6. The number of nitrogens with zero attached hydrogens (tertiary/aromatic N) is 1. The van der Waals surface area contributed by atoms with Gasteiger partial charge in [0.25, 0.3) is 10.0 Å². The molecule has 0 bridgehead atoms. The zero-order valence-electron chi connectivity index (χ0n) is 8.34. The van der Waals surface area contributed by atoms with Gasteiger partial charge in [-0.15, -0.1) is 11.3 Å². The van der Waals surface area contributed by atoms with Crippen molar-refractivity contribution in [3.8, 4) is 0 Å². The third-order valence-electron chi connectivity index (χ3n) is 1.90. The molecule has 3 N–H and O–H groups in total. The van der Waals surface area contributed by atoms with Crippen LogP contribution in [0.5, 0.6) is 0 Å². The summed E-state index contributed by atoms with van der Waals surface area (Å²) in [6, 6.07) is 1.43. The number of hydrogen-bond donors (Lipinski definition) is 3. The number of aromatic amines is 1. The van der Waals surface area contributed by atoms with Crippen LogP contribution in [0.4, 0.5) is 5.69 Å².